The lowest BCUT2D eigenvalue weighted by Crippen LogP contribution is -2.11. The van der Waals surface area contributed by atoms with Crippen molar-refractivity contribution in [2.75, 3.05) is 6.54 Å². The van der Waals surface area contributed by atoms with Crippen LogP contribution in [0.5, 0.6) is 0 Å². The Kier molecular flexibility index (Phi) is 2.93. The molecule has 15 heavy (non-hydrogen) atoms. The van der Waals surface area contributed by atoms with Gasteiger partial charge in [-0.25, -0.2) is 4.98 Å². The molecule has 5 heteroatoms. The highest BCUT2D eigenvalue weighted by Gasteiger charge is 2.13. The van der Waals surface area contributed by atoms with E-state index in [1.807, 2.05) is 6.92 Å². The van der Waals surface area contributed by atoms with Crippen LogP contribution in [0.2, 0.25) is 5.02 Å². The molecule has 1 aromatic carbocycles. The van der Waals surface area contributed by atoms with Gasteiger partial charge in [0.05, 0.1) is 21.3 Å². The van der Waals surface area contributed by atoms with Crippen LogP contribution in [0.1, 0.15) is 16.7 Å². The first-order valence-corrected chi connectivity index (χ1v) is 5.76. The molecule has 2 aromatic rings. The van der Waals surface area contributed by atoms with Gasteiger partial charge >= 0.3 is 0 Å². The first-order valence-electron chi connectivity index (χ1n) is 4.56. The number of fused-ring (bicyclic) bond motifs is 1. The van der Waals surface area contributed by atoms with E-state index in [1.54, 1.807) is 23.5 Å². The van der Waals surface area contributed by atoms with E-state index < -0.39 is 6.10 Å². The fraction of sp³-hybridized carbons (Fsp3) is 0.300. The molecule has 0 bridgehead atoms. The zero-order chi connectivity index (χ0) is 11.0. The van der Waals surface area contributed by atoms with E-state index >= 15 is 0 Å². The summed E-state index contributed by atoms with van der Waals surface area (Å²) in [6, 6.07) is 3.55. The average Bonchev–Trinajstić information content (AvgIpc) is 2.55. The molecule has 0 aliphatic rings. The predicted octanol–water partition coefficient (Wildman–Crippen LogP) is 2.25. The van der Waals surface area contributed by atoms with E-state index in [1.165, 1.54) is 0 Å². The van der Waals surface area contributed by atoms with Crippen molar-refractivity contribution in [3.8, 4) is 0 Å². The van der Waals surface area contributed by atoms with E-state index in [0.717, 1.165) is 20.8 Å². The molecule has 3 N–H and O–H groups in total. The smallest absolute Gasteiger partial charge is 0.0927 e. The van der Waals surface area contributed by atoms with Crippen LogP contribution in [0.15, 0.2) is 12.1 Å². The molecule has 0 fully saturated rings. The molecule has 0 amide bonds. The minimum absolute atomic E-state index is 0.187. The van der Waals surface area contributed by atoms with Gasteiger partial charge in [0.1, 0.15) is 0 Å². The van der Waals surface area contributed by atoms with Gasteiger partial charge in [-0.2, -0.15) is 0 Å². The lowest BCUT2D eigenvalue weighted by atomic mass is 10.1. The highest BCUT2D eigenvalue weighted by molar-refractivity contribution is 7.18. The number of aromatic nitrogens is 1. The van der Waals surface area contributed by atoms with Crippen molar-refractivity contribution in [2.24, 2.45) is 5.73 Å². The van der Waals surface area contributed by atoms with Crippen LogP contribution >= 0.6 is 22.9 Å². The zero-order valence-electron chi connectivity index (χ0n) is 8.20. The summed E-state index contributed by atoms with van der Waals surface area (Å²) in [5.41, 5.74) is 7.04. The van der Waals surface area contributed by atoms with Crippen molar-refractivity contribution in [3.63, 3.8) is 0 Å². The Morgan fingerprint density at radius 2 is 2.33 bits per heavy atom. The van der Waals surface area contributed by atoms with E-state index in [4.69, 9.17) is 17.3 Å². The Bertz CT molecular complexity index is 497. The van der Waals surface area contributed by atoms with Gasteiger partial charge in [0.25, 0.3) is 0 Å². The van der Waals surface area contributed by atoms with Gasteiger partial charge in [-0.05, 0) is 19.1 Å². The molecule has 0 aliphatic heterocycles. The summed E-state index contributed by atoms with van der Waals surface area (Å²) in [6.07, 6.45) is -0.675. The maximum absolute atomic E-state index is 9.76. The number of rotatable bonds is 2. The van der Waals surface area contributed by atoms with Gasteiger partial charge in [-0.15, -0.1) is 11.3 Å². The van der Waals surface area contributed by atoms with Gasteiger partial charge in [0.2, 0.25) is 0 Å². The molecule has 1 atom stereocenters. The van der Waals surface area contributed by atoms with Crippen LogP contribution in [0, 0.1) is 6.92 Å². The Labute approximate surface area is 96.5 Å². The third kappa shape index (κ3) is 1.99. The zero-order valence-corrected chi connectivity index (χ0v) is 9.77. The molecular formula is C10H11ClN2OS. The topological polar surface area (TPSA) is 59.1 Å². The molecule has 0 aliphatic carbocycles. The highest BCUT2D eigenvalue weighted by Crippen LogP contribution is 2.32. The molecule has 80 valence electrons. The number of hydrogen-bond donors (Lipinski definition) is 2. The number of nitrogens with zero attached hydrogens (tertiary/aromatic N) is 1. The minimum atomic E-state index is -0.675. The lowest BCUT2D eigenvalue weighted by Gasteiger charge is -2.09. The normalized spacial score (nSPS) is 13.3. The molecule has 2 rings (SSSR count). The quantitative estimate of drug-likeness (QED) is 0.849. The Balaban J connectivity index is 2.70. The van der Waals surface area contributed by atoms with Crippen LogP contribution < -0.4 is 5.73 Å². The Morgan fingerprint density at radius 1 is 1.60 bits per heavy atom. The summed E-state index contributed by atoms with van der Waals surface area (Å²) in [5, 5.41) is 11.3. The van der Waals surface area contributed by atoms with Crippen molar-refractivity contribution in [1.82, 2.24) is 4.98 Å². The fourth-order valence-electron chi connectivity index (χ4n) is 1.51. The highest BCUT2D eigenvalue weighted by atomic mass is 35.5. The van der Waals surface area contributed by atoms with Crippen molar-refractivity contribution < 1.29 is 5.11 Å². The third-order valence-corrected chi connectivity index (χ3v) is 3.43. The summed E-state index contributed by atoms with van der Waals surface area (Å²) in [6.45, 7) is 2.11. The van der Waals surface area contributed by atoms with Gasteiger partial charge < -0.3 is 10.8 Å². The molecule has 3 nitrogen and oxygen atoms in total. The van der Waals surface area contributed by atoms with Crippen LogP contribution in [0.4, 0.5) is 0 Å². The van der Waals surface area contributed by atoms with Crippen LogP contribution in [0.3, 0.4) is 0 Å². The summed E-state index contributed by atoms with van der Waals surface area (Å²) in [4.78, 5) is 4.33. The van der Waals surface area contributed by atoms with Crippen molar-refractivity contribution in [1.29, 1.82) is 0 Å². The van der Waals surface area contributed by atoms with E-state index in [0.29, 0.717) is 5.02 Å². The number of nitrogens with two attached hydrogens (primary N) is 1. The average molecular weight is 243 g/mol. The van der Waals surface area contributed by atoms with Gasteiger partial charge in [0, 0.05) is 17.1 Å². The maximum Gasteiger partial charge on any atom is 0.0927 e. The standard InChI is InChI=1S/C10H11ClN2OS/c1-5-13-8-3-6(11)2-7(9(14)4-12)10(8)15-5/h2-3,9,14H,4,12H2,1H3. The van der Waals surface area contributed by atoms with Crippen molar-refractivity contribution >= 4 is 33.2 Å². The molecular weight excluding hydrogens is 232 g/mol. The summed E-state index contributed by atoms with van der Waals surface area (Å²) < 4.78 is 0.967. The van der Waals surface area contributed by atoms with Crippen molar-refractivity contribution in [2.45, 2.75) is 13.0 Å². The summed E-state index contributed by atoms with van der Waals surface area (Å²) in [7, 11) is 0. The number of benzene rings is 1. The maximum atomic E-state index is 9.76. The molecule has 1 aromatic heterocycles. The summed E-state index contributed by atoms with van der Waals surface area (Å²) in [5.74, 6) is 0. The number of hydrogen-bond acceptors (Lipinski definition) is 4. The second-order valence-electron chi connectivity index (χ2n) is 3.33. The number of halogens is 1. The number of aryl methyl sites for hydroxylation is 1. The molecule has 0 saturated carbocycles. The van der Waals surface area contributed by atoms with Gasteiger partial charge in [0.15, 0.2) is 0 Å². The monoisotopic (exact) mass is 242 g/mol. The van der Waals surface area contributed by atoms with Crippen molar-refractivity contribution in [3.05, 3.63) is 27.7 Å². The summed E-state index contributed by atoms with van der Waals surface area (Å²) >= 11 is 7.49. The molecule has 1 heterocycles. The predicted molar refractivity (Wildman–Crippen MR) is 63.4 cm³/mol. The largest absolute Gasteiger partial charge is 0.387 e. The van der Waals surface area contributed by atoms with E-state index in [-0.39, 0.29) is 6.54 Å². The van der Waals surface area contributed by atoms with Crippen LogP contribution in [0.25, 0.3) is 10.2 Å². The van der Waals surface area contributed by atoms with Crippen LogP contribution in [-0.2, 0) is 0 Å². The molecule has 0 spiro atoms. The van der Waals surface area contributed by atoms with E-state index in [9.17, 15) is 5.11 Å². The molecule has 0 saturated heterocycles. The van der Waals surface area contributed by atoms with Gasteiger partial charge in [-0.1, -0.05) is 11.6 Å². The second-order valence-corrected chi connectivity index (χ2v) is 4.97. The van der Waals surface area contributed by atoms with E-state index in [2.05, 4.69) is 4.98 Å². The van der Waals surface area contributed by atoms with Gasteiger partial charge in [-0.3, -0.25) is 0 Å². The molecule has 1 unspecified atom stereocenters. The van der Waals surface area contributed by atoms with Crippen LogP contribution in [-0.4, -0.2) is 16.6 Å². The second kappa shape index (κ2) is 4.06. The number of aliphatic hydroxyl groups is 1. The SMILES string of the molecule is Cc1nc2cc(Cl)cc(C(O)CN)c2s1. The number of aliphatic hydroxyl groups excluding tert-OH is 1. The first kappa shape index (κ1) is 10.8. The fourth-order valence-corrected chi connectivity index (χ4v) is 2.69. The lowest BCUT2D eigenvalue weighted by molar-refractivity contribution is 0.188. The Hall–Kier alpha value is -0.680. The minimum Gasteiger partial charge on any atom is -0.387 e. The number of thiazole rings is 1. The molecule has 0 radical (unpaired) electrons. The Morgan fingerprint density at radius 3 is 3.00 bits per heavy atom. The first-order chi connectivity index (χ1) is 7.11. The third-order valence-electron chi connectivity index (χ3n) is 2.17.